The molecule has 1 fully saturated rings. The molecular formula is C18H28BrN3O3. The van der Waals surface area contributed by atoms with Crippen molar-refractivity contribution in [2.75, 3.05) is 53.2 Å². The van der Waals surface area contributed by atoms with Crippen LogP contribution in [-0.4, -0.2) is 59.1 Å². The maximum atomic E-state index is 5.69. The van der Waals surface area contributed by atoms with Crippen LogP contribution in [-0.2, 0) is 9.47 Å². The van der Waals surface area contributed by atoms with Crippen molar-refractivity contribution in [3.8, 4) is 5.75 Å². The molecule has 7 heteroatoms. The molecule has 0 spiro atoms. The first kappa shape index (κ1) is 20.0. The molecular weight excluding hydrogens is 386 g/mol. The van der Waals surface area contributed by atoms with E-state index in [4.69, 9.17) is 14.2 Å². The largest absolute Gasteiger partial charge is 0.492 e. The van der Waals surface area contributed by atoms with E-state index >= 15 is 0 Å². The first-order valence-corrected chi connectivity index (χ1v) is 9.55. The Morgan fingerprint density at radius 3 is 2.76 bits per heavy atom. The van der Waals surface area contributed by atoms with Gasteiger partial charge in [0.1, 0.15) is 12.4 Å². The number of hydrogen-bond acceptors (Lipinski definition) is 4. The van der Waals surface area contributed by atoms with Gasteiger partial charge in [0, 0.05) is 37.2 Å². The minimum Gasteiger partial charge on any atom is -0.492 e. The summed E-state index contributed by atoms with van der Waals surface area (Å²) in [7, 11) is 1.77. The van der Waals surface area contributed by atoms with E-state index in [1.165, 1.54) is 0 Å². The number of halogens is 1. The van der Waals surface area contributed by atoms with Crippen LogP contribution in [0.2, 0.25) is 0 Å². The van der Waals surface area contributed by atoms with Crippen LogP contribution in [0.25, 0.3) is 0 Å². The third-order valence-electron chi connectivity index (χ3n) is 3.84. The maximum absolute atomic E-state index is 5.69. The van der Waals surface area contributed by atoms with Gasteiger partial charge in [-0.25, -0.2) is 0 Å². The van der Waals surface area contributed by atoms with Crippen molar-refractivity contribution >= 4 is 21.9 Å². The molecule has 0 aromatic heterocycles. The molecule has 0 bridgehead atoms. The Labute approximate surface area is 158 Å². The van der Waals surface area contributed by atoms with E-state index in [0.29, 0.717) is 19.1 Å². The number of nitrogens with zero attached hydrogens (tertiary/aromatic N) is 1. The van der Waals surface area contributed by atoms with Crippen molar-refractivity contribution < 1.29 is 14.2 Å². The van der Waals surface area contributed by atoms with Crippen LogP contribution < -0.4 is 15.4 Å². The lowest BCUT2D eigenvalue weighted by atomic mass is 10.1. The number of rotatable bonds is 10. The van der Waals surface area contributed by atoms with Gasteiger partial charge in [0.2, 0.25) is 0 Å². The molecule has 1 saturated heterocycles. The predicted octanol–water partition coefficient (Wildman–Crippen LogP) is 2.44. The second-order valence-electron chi connectivity index (χ2n) is 5.89. The smallest absolute Gasteiger partial charge is 0.191 e. The average molecular weight is 414 g/mol. The van der Waals surface area contributed by atoms with E-state index in [2.05, 4.69) is 31.6 Å². The third-order valence-corrected chi connectivity index (χ3v) is 4.36. The van der Waals surface area contributed by atoms with Crippen LogP contribution >= 0.6 is 15.9 Å². The lowest BCUT2D eigenvalue weighted by Gasteiger charge is -2.13. The minimum absolute atomic E-state index is 0.577. The van der Waals surface area contributed by atoms with Gasteiger partial charge >= 0.3 is 0 Å². The highest BCUT2D eigenvalue weighted by Gasteiger charge is 2.15. The van der Waals surface area contributed by atoms with Gasteiger partial charge in [-0.1, -0.05) is 15.9 Å². The van der Waals surface area contributed by atoms with Crippen molar-refractivity contribution in [1.29, 1.82) is 0 Å². The Bertz CT molecular complexity index is 505. The summed E-state index contributed by atoms with van der Waals surface area (Å²) in [4.78, 5) is 4.20. The zero-order valence-electron chi connectivity index (χ0n) is 14.8. The van der Waals surface area contributed by atoms with Crippen LogP contribution in [0.5, 0.6) is 5.75 Å². The van der Waals surface area contributed by atoms with Crippen LogP contribution in [0.4, 0.5) is 0 Å². The SMILES string of the molecule is CN=C(NCCCOCC1CCOC1)NCCOc1ccc(Br)cc1. The van der Waals surface area contributed by atoms with Crippen LogP contribution in [0.15, 0.2) is 33.7 Å². The lowest BCUT2D eigenvalue weighted by molar-refractivity contribution is 0.0888. The molecule has 1 aromatic carbocycles. The number of benzene rings is 1. The van der Waals surface area contributed by atoms with Gasteiger partial charge in [0.15, 0.2) is 5.96 Å². The molecule has 1 heterocycles. The standard InChI is InChI=1S/C18H28BrN3O3/c1-20-18(21-8-2-10-23-13-15-7-11-24-14-15)22-9-12-25-17-5-3-16(19)4-6-17/h3-6,15H,2,7-14H2,1H3,(H2,20,21,22). The molecule has 0 amide bonds. The van der Waals surface area contributed by atoms with Crippen LogP contribution in [0.1, 0.15) is 12.8 Å². The van der Waals surface area contributed by atoms with E-state index in [9.17, 15) is 0 Å². The molecule has 140 valence electrons. The van der Waals surface area contributed by atoms with E-state index in [-0.39, 0.29) is 0 Å². The minimum atomic E-state index is 0.577. The fourth-order valence-corrected chi connectivity index (χ4v) is 2.70. The van der Waals surface area contributed by atoms with Gasteiger partial charge in [0.25, 0.3) is 0 Å². The maximum Gasteiger partial charge on any atom is 0.191 e. The predicted molar refractivity (Wildman–Crippen MR) is 103 cm³/mol. The van der Waals surface area contributed by atoms with Crippen molar-refractivity contribution in [2.24, 2.45) is 10.9 Å². The Balaban J connectivity index is 1.46. The van der Waals surface area contributed by atoms with E-state index in [1.54, 1.807) is 7.05 Å². The molecule has 0 aliphatic carbocycles. The van der Waals surface area contributed by atoms with Gasteiger partial charge in [-0.15, -0.1) is 0 Å². The van der Waals surface area contributed by atoms with Gasteiger partial charge < -0.3 is 24.8 Å². The summed E-state index contributed by atoms with van der Waals surface area (Å²) in [6, 6.07) is 7.81. The molecule has 1 aliphatic rings. The number of aliphatic imine (C=N–C) groups is 1. The summed E-state index contributed by atoms with van der Waals surface area (Å²) < 4.78 is 17.7. The highest BCUT2D eigenvalue weighted by atomic mass is 79.9. The topological polar surface area (TPSA) is 64.1 Å². The molecule has 2 rings (SSSR count). The monoisotopic (exact) mass is 413 g/mol. The zero-order valence-corrected chi connectivity index (χ0v) is 16.4. The average Bonchev–Trinajstić information content (AvgIpc) is 3.14. The Morgan fingerprint density at radius 1 is 1.24 bits per heavy atom. The van der Waals surface area contributed by atoms with Gasteiger partial charge in [-0.05, 0) is 37.1 Å². The van der Waals surface area contributed by atoms with Crippen molar-refractivity contribution in [3.05, 3.63) is 28.7 Å². The highest BCUT2D eigenvalue weighted by Crippen LogP contribution is 2.15. The van der Waals surface area contributed by atoms with E-state index in [0.717, 1.165) is 62.0 Å². The molecule has 1 aliphatic heterocycles. The molecule has 1 atom stereocenters. The highest BCUT2D eigenvalue weighted by molar-refractivity contribution is 9.10. The Morgan fingerprint density at radius 2 is 2.04 bits per heavy atom. The quantitative estimate of drug-likeness (QED) is 0.350. The molecule has 0 saturated carbocycles. The first-order chi connectivity index (χ1) is 12.3. The summed E-state index contributed by atoms with van der Waals surface area (Å²) in [6.45, 7) is 5.38. The summed E-state index contributed by atoms with van der Waals surface area (Å²) >= 11 is 3.41. The molecule has 6 nitrogen and oxygen atoms in total. The van der Waals surface area contributed by atoms with E-state index in [1.807, 2.05) is 24.3 Å². The van der Waals surface area contributed by atoms with Crippen LogP contribution in [0.3, 0.4) is 0 Å². The first-order valence-electron chi connectivity index (χ1n) is 8.76. The third kappa shape index (κ3) is 8.56. The summed E-state index contributed by atoms with van der Waals surface area (Å²) in [5.74, 6) is 2.22. The van der Waals surface area contributed by atoms with E-state index < -0.39 is 0 Å². The zero-order chi connectivity index (χ0) is 17.7. The number of guanidine groups is 1. The summed E-state index contributed by atoms with van der Waals surface area (Å²) in [6.07, 6.45) is 2.07. The fourth-order valence-electron chi connectivity index (χ4n) is 2.44. The second-order valence-corrected chi connectivity index (χ2v) is 6.80. The van der Waals surface area contributed by atoms with Crippen molar-refractivity contribution in [3.63, 3.8) is 0 Å². The number of ether oxygens (including phenoxy) is 3. The number of hydrogen-bond donors (Lipinski definition) is 2. The van der Waals surface area contributed by atoms with Gasteiger partial charge in [-0.3, -0.25) is 4.99 Å². The lowest BCUT2D eigenvalue weighted by Crippen LogP contribution is -2.39. The normalized spacial score (nSPS) is 17.5. The Hall–Kier alpha value is -1.31. The van der Waals surface area contributed by atoms with Crippen LogP contribution in [0, 0.1) is 5.92 Å². The van der Waals surface area contributed by atoms with Crippen molar-refractivity contribution in [2.45, 2.75) is 12.8 Å². The second kappa shape index (κ2) is 12.1. The summed E-state index contributed by atoms with van der Waals surface area (Å²) in [5, 5.41) is 6.51. The molecule has 2 N–H and O–H groups in total. The fraction of sp³-hybridized carbons (Fsp3) is 0.611. The number of nitrogens with one attached hydrogen (secondary N) is 2. The summed E-state index contributed by atoms with van der Waals surface area (Å²) in [5.41, 5.74) is 0. The molecule has 1 aromatic rings. The molecule has 1 unspecified atom stereocenters. The molecule has 0 radical (unpaired) electrons. The molecule has 25 heavy (non-hydrogen) atoms. The van der Waals surface area contributed by atoms with Gasteiger partial charge in [0.05, 0.1) is 19.8 Å². The van der Waals surface area contributed by atoms with Crippen molar-refractivity contribution in [1.82, 2.24) is 10.6 Å². The van der Waals surface area contributed by atoms with Gasteiger partial charge in [-0.2, -0.15) is 0 Å². The Kier molecular flexibility index (Phi) is 9.69.